The van der Waals surface area contributed by atoms with E-state index >= 15 is 0 Å². The molecule has 5 N–H and O–H groups in total. The zero-order valence-electron chi connectivity index (χ0n) is 39.6. The van der Waals surface area contributed by atoms with Gasteiger partial charge in [-0.1, -0.05) is 95.6 Å². The summed E-state index contributed by atoms with van der Waals surface area (Å²) in [4.78, 5) is 27.1. The monoisotopic (exact) mass is 764 g/mol. The maximum atomic E-state index is 14.4. The van der Waals surface area contributed by atoms with Crippen LogP contribution in [0.25, 0.3) is 0 Å². The zero-order valence-corrected chi connectivity index (χ0v) is 37.6. The molecule has 2 amide bonds. The van der Waals surface area contributed by atoms with E-state index in [2.05, 4.69) is 60.7 Å². The lowest BCUT2D eigenvalue weighted by molar-refractivity contribution is -0.141. The summed E-state index contributed by atoms with van der Waals surface area (Å²) in [7, 11) is 1.67. The molecule has 0 aliphatic carbocycles. The van der Waals surface area contributed by atoms with E-state index in [0.29, 0.717) is 31.1 Å². The highest BCUT2D eigenvalue weighted by Gasteiger charge is 2.50. The number of amides is 2. The van der Waals surface area contributed by atoms with E-state index < -0.39 is 40.4 Å². The summed E-state index contributed by atoms with van der Waals surface area (Å²) < 4.78 is 40.4. The lowest BCUT2D eigenvalue weighted by atomic mass is 9.61. The number of hydrogen-bond acceptors (Lipinski definition) is 7. The molecule has 0 bridgehead atoms. The number of carbonyl (C=O) groups is 2. The first kappa shape index (κ1) is 46.0. The predicted molar refractivity (Wildman–Crippen MR) is 224 cm³/mol. The topological polar surface area (TPSA) is 135 Å². The predicted octanol–water partition coefficient (Wildman–Crippen LogP) is 9.00. The summed E-state index contributed by atoms with van der Waals surface area (Å²) in [5.41, 5.74) is 11.2. The first-order valence-corrected chi connectivity index (χ1v) is 20.4. The smallest absolute Gasteiger partial charge is 0.226 e. The van der Waals surface area contributed by atoms with Gasteiger partial charge in [0, 0.05) is 25.1 Å². The van der Waals surface area contributed by atoms with Crippen molar-refractivity contribution in [1.29, 1.82) is 0 Å². The fraction of sp³-hybridized carbons (Fsp3) is 0.822. The molecule has 0 aliphatic rings. The molecule has 0 heterocycles. The SMILES string of the molecule is [2H]C([2H])(C)Oc1ccc(C(C)[C@H](C(C)CC)C(C)[C@](C)(N)[C@H](C[C@](C)(C(=O)NCC(C)(C(N)=O)C(C)(C)C)C(C)C(C)C)OC)cc1OCC(C)COC(C)C. The minimum atomic E-state index is -1.89. The van der Waals surface area contributed by atoms with E-state index in [0.717, 1.165) is 12.0 Å². The molecule has 1 aromatic rings. The van der Waals surface area contributed by atoms with Crippen molar-refractivity contribution in [1.82, 2.24) is 5.32 Å². The van der Waals surface area contributed by atoms with E-state index in [9.17, 15) is 9.59 Å². The van der Waals surface area contributed by atoms with Crippen LogP contribution in [-0.4, -0.2) is 63.0 Å². The van der Waals surface area contributed by atoms with Crippen molar-refractivity contribution in [3.05, 3.63) is 23.8 Å². The Labute approximate surface area is 333 Å². The van der Waals surface area contributed by atoms with Gasteiger partial charge in [0.25, 0.3) is 0 Å². The normalized spacial score (nSPS) is 20.5. The Morgan fingerprint density at radius 1 is 0.870 bits per heavy atom. The molecule has 1 rings (SSSR count). The average molecular weight is 764 g/mol. The molecule has 314 valence electrons. The van der Waals surface area contributed by atoms with Crippen molar-refractivity contribution in [2.45, 2.75) is 154 Å². The van der Waals surface area contributed by atoms with Gasteiger partial charge in [-0.2, -0.15) is 0 Å². The molecule has 0 fully saturated rings. The largest absolute Gasteiger partial charge is 0.490 e. The fourth-order valence-electron chi connectivity index (χ4n) is 7.72. The second kappa shape index (κ2) is 20.7. The van der Waals surface area contributed by atoms with Gasteiger partial charge in [-0.3, -0.25) is 9.59 Å². The summed E-state index contributed by atoms with van der Waals surface area (Å²) in [6.07, 6.45) is 0.922. The summed E-state index contributed by atoms with van der Waals surface area (Å²) in [5, 5.41) is 3.15. The third-order valence-corrected chi connectivity index (χ3v) is 13.3. The van der Waals surface area contributed by atoms with Crippen molar-refractivity contribution in [2.24, 2.45) is 63.2 Å². The van der Waals surface area contributed by atoms with Gasteiger partial charge in [0.2, 0.25) is 11.8 Å². The van der Waals surface area contributed by atoms with E-state index in [-0.39, 0.29) is 60.0 Å². The second-order valence-electron chi connectivity index (χ2n) is 18.7. The van der Waals surface area contributed by atoms with Crippen LogP contribution in [-0.2, 0) is 19.1 Å². The highest BCUT2D eigenvalue weighted by atomic mass is 16.5. The molecule has 0 saturated carbocycles. The number of nitrogens with two attached hydrogens (primary N) is 2. The van der Waals surface area contributed by atoms with Gasteiger partial charge in [0.05, 0.1) is 45.6 Å². The molecule has 6 unspecified atom stereocenters. The summed E-state index contributed by atoms with van der Waals surface area (Å²) >= 11 is 0. The molecule has 0 aliphatic heterocycles. The van der Waals surface area contributed by atoms with E-state index in [1.165, 1.54) is 6.92 Å². The van der Waals surface area contributed by atoms with E-state index in [1.54, 1.807) is 13.2 Å². The Morgan fingerprint density at radius 3 is 1.93 bits per heavy atom. The third kappa shape index (κ3) is 12.3. The number of ether oxygens (including phenoxy) is 4. The minimum absolute atomic E-state index is 0.0185. The summed E-state index contributed by atoms with van der Waals surface area (Å²) in [6.45, 7) is 33.5. The first-order valence-electron chi connectivity index (χ1n) is 21.4. The maximum Gasteiger partial charge on any atom is 0.226 e. The van der Waals surface area contributed by atoms with Crippen LogP contribution >= 0.6 is 0 Å². The van der Waals surface area contributed by atoms with Gasteiger partial charge in [0.1, 0.15) is 0 Å². The van der Waals surface area contributed by atoms with Crippen molar-refractivity contribution >= 4 is 11.8 Å². The van der Waals surface area contributed by atoms with E-state index in [4.69, 9.17) is 33.2 Å². The molecule has 10 atom stereocenters. The molecule has 0 aromatic heterocycles. The Morgan fingerprint density at radius 2 is 1.46 bits per heavy atom. The number of methoxy groups -OCH3 is 1. The maximum absolute atomic E-state index is 14.4. The van der Waals surface area contributed by atoms with Crippen LogP contribution in [0, 0.1) is 51.8 Å². The molecule has 0 spiro atoms. The molecule has 9 nitrogen and oxygen atoms in total. The molecule has 1 aromatic carbocycles. The standard InChI is InChI=1S/C45H83N3O6/c1-19-31(8)39(32(9)35-21-22-36(52-20-2)37(23-35)54-26-30(7)25-53-29(5)6)34(11)45(17,47)38(51-18)24-43(15,33(10)28(3)4)41(50)48-27-44(16,40(46)49)42(12,13)14/h21-23,28-34,38-39H,19-20,24-27,47H2,1-18H3,(H2,46,49)(H,48,50)/t30?,31?,32?,33?,34?,38-,39-,43-,44?,45-/m0/s1/i20D2. The minimum Gasteiger partial charge on any atom is -0.490 e. The van der Waals surface area contributed by atoms with Crippen molar-refractivity contribution in [3.63, 3.8) is 0 Å². The Balaban J connectivity index is 3.66. The number of primary amides is 1. The molecule has 9 heteroatoms. The van der Waals surface area contributed by atoms with E-state index in [1.807, 2.05) is 67.5 Å². The van der Waals surface area contributed by atoms with Crippen LogP contribution in [0.3, 0.4) is 0 Å². The number of hydrogen-bond donors (Lipinski definition) is 3. The average Bonchev–Trinajstić information content (AvgIpc) is 3.09. The van der Waals surface area contributed by atoms with Gasteiger partial charge in [0.15, 0.2) is 11.5 Å². The van der Waals surface area contributed by atoms with Crippen molar-refractivity contribution < 1.29 is 31.3 Å². The van der Waals surface area contributed by atoms with Crippen LogP contribution in [0.4, 0.5) is 0 Å². The van der Waals surface area contributed by atoms with Crippen LogP contribution in [0.15, 0.2) is 18.2 Å². The molecular formula is C45H83N3O6. The van der Waals surface area contributed by atoms with Gasteiger partial charge >= 0.3 is 0 Å². The Hall–Kier alpha value is -2.36. The fourth-order valence-corrected chi connectivity index (χ4v) is 7.72. The van der Waals surface area contributed by atoms with Crippen LogP contribution in [0.1, 0.15) is 145 Å². The van der Waals surface area contributed by atoms with Gasteiger partial charge in [-0.25, -0.2) is 0 Å². The van der Waals surface area contributed by atoms with Gasteiger partial charge in [-0.05, 0) is 99.7 Å². The first-order chi connectivity index (χ1) is 25.4. The Kier molecular flexibility index (Phi) is 17.6. The lowest BCUT2D eigenvalue weighted by Crippen LogP contribution is -2.60. The molecule has 0 radical (unpaired) electrons. The summed E-state index contributed by atoms with van der Waals surface area (Å²) in [6, 6.07) is 5.78. The van der Waals surface area contributed by atoms with Crippen LogP contribution in [0.5, 0.6) is 11.5 Å². The second-order valence-corrected chi connectivity index (χ2v) is 18.7. The molecule has 54 heavy (non-hydrogen) atoms. The third-order valence-electron chi connectivity index (χ3n) is 13.3. The number of carbonyl (C=O) groups excluding carboxylic acids is 2. The summed E-state index contributed by atoms with van der Waals surface area (Å²) in [5.74, 6) is 0.783. The lowest BCUT2D eigenvalue weighted by Gasteiger charge is -2.49. The highest BCUT2D eigenvalue weighted by Crippen LogP contribution is 2.47. The van der Waals surface area contributed by atoms with Gasteiger partial charge < -0.3 is 35.7 Å². The number of benzene rings is 1. The number of nitrogens with one attached hydrogen (secondary N) is 1. The molecular weight excluding hydrogens is 679 g/mol. The molecule has 0 saturated heterocycles. The quantitative estimate of drug-likeness (QED) is 0.0957. The van der Waals surface area contributed by atoms with Gasteiger partial charge in [-0.15, -0.1) is 0 Å². The van der Waals surface area contributed by atoms with Crippen molar-refractivity contribution in [2.75, 3.05) is 33.4 Å². The highest BCUT2D eigenvalue weighted by molar-refractivity contribution is 5.85. The number of rotatable bonds is 24. The Bertz CT molecular complexity index is 1390. The van der Waals surface area contributed by atoms with Crippen LogP contribution in [0.2, 0.25) is 0 Å². The van der Waals surface area contributed by atoms with Crippen LogP contribution < -0.4 is 26.3 Å². The van der Waals surface area contributed by atoms with Crippen molar-refractivity contribution in [3.8, 4) is 11.5 Å². The zero-order chi connectivity index (χ0) is 43.8.